The van der Waals surface area contributed by atoms with Crippen LogP contribution in [0.4, 0.5) is 0 Å². The van der Waals surface area contributed by atoms with Crippen LogP contribution in [0, 0.1) is 6.92 Å². The summed E-state index contributed by atoms with van der Waals surface area (Å²) in [7, 11) is 0. The molecule has 3 aromatic heterocycles. The lowest BCUT2D eigenvalue weighted by atomic mass is 10.1. The Bertz CT molecular complexity index is 1050. The molecule has 0 atom stereocenters. The summed E-state index contributed by atoms with van der Waals surface area (Å²) >= 11 is 0. The zero-order valence-electron chi connectivity index (χ0n) is 12.7. The number of aromatic nitrogens is 5. The number of benzene rings is 1. The van der Waals surface area contributed by atoms with Crippen molar-refractivity contribution in [2.24, 2.45) is 0 Å². The van der Waals surface area contributed by atoms with Crippen LogP contribution in [0.25, 0.3) is 16.7 Å². The van der Waals surface area contributed by atoms with E-state index >= 15 is 0 Å². The highest BCUT2D eigenvalue weighted by Crippen LogP contribution is 2.13. The highest BCUT2D eigenvalue weighted by atomic mass is 16.1. The quantitative estimate of drug-likeness (QED) is 0.580. The van der Waals surface area contributed by atoms with Crippen molar-refractivity contribution in [3.05, 3.63) is 70.5 Å². The van der Waals surface area contributed by atoms with Crippen molar-refractivity contribution in [3.8, 4) is 0 Å². The maximum atomic E-state index is 12.8. The molecule has 3 heterocycles. The molecule has 1 aromatic carbocycles. The molecule has 0 saturated heterocycles. The molecule has 0 bridgehead atoms. The van der Waals surface area contributed by atoms with E-state index in [1.807, 2.05) is 37.4 Å². The molecular formula is C17H15N5O. The van der Waals surface area contributed by atoms with Crippen molar-refractivity contribution in [1.82, 2.24) is 24.1 Å². The van der Waals surface area contributed by atoms with E-state index in [2.05, 4.69) is 27.2 Å². The van der Waals surface area contributed by atoms with Gasteiger partial charge in [0, 0.05) is 12.7 Å². The van der Waals surface area contributed by atoms with Gasteiger partial charge in [-0.05, 0) is 25.0 Å². The second-order valence-electron chi connectivity index (χ2n) is 5.48. The molecule has 4 aromatic rings. The monoisotopic (exact) mass is 305 g/mol. The summed E-state index contributed by atoms with van der Waals surface area (Å²) in [5.41, 5.74) is 2.59. The van der Waals surface area contributed by atoms with Gasteiger partial charge in [0.25, 0.3) is 11.3 Å². The van der Waals surface area contributed by atoms with Crippen LogP contribution in [0.5, 0.6) is 0 Å². The van der Waals surface area contributed by atoms with Gasteiger partial charge in [0.15, 0.2) is 0 Å². The molecule has 6 heteroatoms. The second kappa shape index (κ2) is 5.31. The van der Waals surface area contributed by atoms with E-state index in [4.69, 9.17) is 0 Å². The molecule has 4 rings (SSSR count). The zero-order valence-corrected chi connectivity index (χ0v) is 12.7. The summed E-state index contributed by atoms with van der Waals surface area (Å²) in [6, 6.07) is 12.0. The van der Waals surface area contributed by atoms with E-state index in [1.165, 1.54) is 11.9 Å². The number of hydrogen-bond donors (Lipinski definition) is 0. The first-order valence-electron chi connectivity index (χ1n) is 7.47. The van der Waals surface area contributed by atoms with Gasteiger partial charge in [-0.2, -0.15) is 14.6 Å². The molecule has 0 radical (unpaired) electrons. The first-order valence-corrected chi connectivity index (χ1v) is 7.47. The number of nitrogens with zero attached hydrogens (tertiary/aromatic N) is 5. The Labute approximate surface area is 132 Å². The Morgan fingerprint density at radius 3 is 2.78 bits per heavy atom. The Hall–Kier alpha value is -3.02. The summed E-state index contributed by atoms with van der Waals surface area (Å²) < 4.78 is 3.33. The van der Waals surface area contributed by atoms with E-state index in [0.29, 0.717) is 23.4 Å². The van der Waals surface area contributed by atoms with E-state index in [0.717, 1.165) is 11.9 Å². The van der Waals surface area contributed by atoms with E-state index in [1.54, 1.807) is 9.08 Å². The molecule has 0 aliphatic rings. The van der Waals surface area contributed by atoms with Crippen molar-refractivity contribution >= 4 is 16.7 Å². The van der Waals surface area contributed by atoms with Gasteiger partial charge in [-0.25, -0.2) is 4.98 Å². The molecule has 0 aliphatic carbocycles. The minimum Gasteiger partial charge on any atom is -0.314 e. The lowest BCUT2D eigenvalue weighted by molar-refractivity contribution is 0.673. The van der Waals surface area contributed by atoms with E-state index in [9.17, 15) is 4.79 Å². The van der Waals surface area contributed by atoms with Crippen LogP contribution in [0.3, 0.4) is 0 Å². The van der Waals surface area contributed by atoms with Crippen LogP contribution in [-0.2, 0) is 13.0 Å². The van der Waals surface area contributed by atoms with Gasteiger partial charge in [-0.15, -0.1) is 0 Å². The first kappa shape index (κ1) is 13.6. The zero-order chi connectivity index (χ0) is 15.8. The van der Waals surface area contributed by atoms with Gasteiger partial charge in [0.2, 0.25) is 0 Å². The summed E-state index contributed by atoms with van der Waals surface area (Å²) in [6.45, 7) is 2.47. The molecule has 0 aliphatic heterocycles. The lowest BCUT2D eigenvalue weighted by Crippen LogP contribution is -2.22. The lowest BCUT2D eigenvalue weighted by Gasteiger charge is -2.09. The standard InChI is InChI=1S/C17H15N5O/c1-12-15-14(22-17(20-12)18-11-19-22)8-10-21(16(15)23)9-7-13-5-3-2-4-6-13/h2-6,8,10-11H,7,9H2,1H3. The van der Waals surface area contributed by atoms with Gasteiger partial charge in [-0.1, -0.05) is 30.3 Å². The molecule has 114 valence electrons. The number of rotatable bonds is 3. The average molecular weight is 305 g/mol. The van der Waals surface area contributed by atoms with Crippen molar-refractivity contribution in [2.45, 2.75) is 19.9 Å². The summed E-state index contributed by atoms with van der Waals surface area (Å²) in [5.74, 6) is 0.511. The van der Waals surface area contributed by atoms with Crippen molar-refractivity contribution in [2.75, 3.05) is 0 Å². The predicted molar refractivity (Wildman–Crippen MR) is 87.4 cm³/mol. The third-order valence-electron chi connectivity index (χ3n) is 4.01. The fraction of sp³-hybridized carbons (Fsp3) is 0.176. The molecule has 0 amide bonds. The molecule has 0 unspecified atom stereocenters. The summed E-state index contributed by atoms with van der Waals surface area (Å²) in [4.78, 5) is 21.2. The van der Waals surface area contributed by atoms with Gasteiger partial charge < -0.3 is 4.57 Å². The highest BCUT2D eigenvalue weighted by Gasteiger charge is 2.12. The number of fused-ring (bicyclic) bond motifs is 3. The van der Waals surface area contributed by atoms with Gasteiger partial charge in [0.1, 0.15) is 6.33 Å². The maximum Gasteiger partial charge on any atom is 0.261 e. The van der Waals surface area contributed by atoms with Crippen LogP contribution < -0.4 is 5.56 Å². The Morgan fingerprint density at radius 1 is 1.13 bits per heavy atom. The van der Waals surface area contributed by atoms with Crippen LogP contribution >= 0.6 is 0 Å². The Kier molecular flexibility index (Phi) is 3.15. The largest absolute Gasteiger partial charge is 0.314 e. The predicted octanol–water partition coefficient (Wildman–Crippen LogP) is 1.99. The molecular weight excluding hydrogens is 290 g/mol. The highest BCUT2D eigenvalue weighted by molar-refractivity contribution is 5.81. The van der Waals surface area contributed by atoms with E-state index in [-0.39, 0.29) is 5.56 Å². The van der Waals surface area contributed by atoms with Crippen LogP contribution in [0.15, 0.2) is 53.7 Å². The van der Waals surface area contributed by atoms with Crippen LogP contribution in [0.2, 0.25) is 0 Å². The van der Waals surface area contributed by atoms with Crippen molar-refractivity contribution in [3.63, 3.8) is 0 Å². The van der Waals surface area contributed by atoms with E-state index < -0.39 is 0 Å². The Balaban J connectivity index is 1.80. The van der Waals surface area contributed by atoms with Gasteiger partial charge in [-0.3, -0.25) is 4.79 Å². The smallest absolute Gasteiger partial charge is 0.261 e. The summed E-state index contributed by atoms with van der Waals surface area (Å²) in [6.07, 6.45) is 4.07. The number of aryl methyl sites for hydroxylation is 3. The fourth-order valence-electron chi connectivity index (χ4n) is 2.84. The normalized spacial score (nSPS) is 11.3. The topological polar surface area (TPSA) is 65.1 Å². The minimum absolute atomic E-state index is 0.0409. The van der Waals surface area contributed by atoms with Gasteiger partial charge >= 0.3 is 0 Å². The minimum atomic E-state index is -0.0409. The van der Waals surface area contributed by atoms with Gasteiger partial charge in [0.05, 0.1) is 16.6 Å². The third-order valence-corrected chi connectivity index (χ3v) is 4.01. The fourth-order valence-corrected chi connectivity index (χ4v) is 2.84. The maximum absolute atomic E-state index is 12.8. The van der Waals surface area contributed by atoms with Crippen molar-refractivity contribution < 1.29 is 0 Å². The molecule has 0 fully saturated rings. The van der Waals surface area contributed by atoms with Crippen LogP contribution in [0.1, 0.15) is 11.3 Å². The first-order chi connectivity index (χ1) is 11.2. The number of pyridine rings is 1. The Morgan fingerprint density at radius 2 is 1.96 bits per heavy atom. The SMILES string of the molecule is Cc1nc2ncnn2c2ccn(CCc3ccccc3)c(=O)c12. The molecule has 0 spiro atoms. The third kappa shape index (κ3) is 2.28. The number of hydrogen-bond acceptors (Lipinski definition) is 4. The van der Waals surface area contributed by atoms with Crippen LogP contribution in [-0.4, -0.2) is 24.1 Å². The molecule has 0 saturated carbocycles. The van der Waals surface area contributed by atoms with Crippen molar-refractivity contribution in [1.29, 1.82) is 0 Å². The second-order valence-corrected chi connectivity index (χ2v) is 5.48. The average Bonchev–Trinajstić information content (AvgIpc) is 3.03. The molecule has 23 heavy (non-hydrogen) atoms. The summed E-state index contributed by atoms with van der Waals surface area (Å²) in [5, 5.41) is 4.74. The molecule has 0 N–H and O–H groups in total. The molecule has 6 nitrogen and oxygen atoms in total.